The largest absolute Gasteiger partial charge is 0.508 e. The van der Waals surface area contributed by atoms with Gasteiger partial charge in [0.15, 0.2) is 0 Å². The first-order valence-corrected chi connectivity index (χ1v) is 7.70. The molecule has 2 nitrogen and oxygen atoms in total. The van der Waals surface area contributed by atoms with E-state index in [4.69, 9.17) is 0 Å². The SMILES string of the molecule is CCNCC1(Cc2ccc(O)cc2)CC2CCC1C2. The van der Waals surface area contributed by atoms with Crippen molar-refractivity contribution in [2.75, 3.05) is 13.1 Å². The van der Waals surface area contributed by atoms with Crippen molar-refractivity contribution in [2.45, 2.75) is 39.0 Å². The monoisotopic (exact) mass is 259 g/mol. The van der Waals surface area contributed by atoms with Crippen LogP contribution < -0.4 is 5.32 Å². The summed E-state index contributed by atoms with van der Waals surface area (Å²) < 4.78 is 0. The zero-order valence-electron chi connectivity index (χ0n) is 11.9. The van der Waals surface area contributed by atoms with Gasteiger partial charge in [0.2, 0.25) is 0 Å². The molecule has 19 heavy (non-hydrogen) atoms. The van der Waals surface area contributed by atoms with E-state index in [1.165, 1.54) is 37.7 Å². The fourth-order valence-corrected chi connectivity index (χ4v) is 4.45. The van der Waals surface area contributed by atoms with Crippen molar-refractivity contribution >= 4 is 0 Å². The van der Waals surface area contributed by atoms with Crippen LogP contribution in [-0.2, 0) is 6.42 Å². The van der Waals surface area contributed by atoms with Gasteiger partial charge in [-0.3, -0.25) is 0 Å². The molecule has 0 aromatic heterocycles. The number of fused-ring (bicyclic) bond motifs is 2. The van der Waals surface area contributed by atoms with Crippen molar-refractivity contribution in [3.63, 3.8) is 0 Å². The number of phenolic OH excluding ortho intramolecular Hbond substituents is 1. The Bertz CT molecular complexity index is 427. The van der Waals surface area contributed by atoms with E-state index < -0.39 is 0 Å². The first-order chi connectivity index (χ1) is 9.22. The van der Waals surface area contributed by atoms with Crippen molar-refractivity contribution in [1.29, 1.82) is 0 Å². The second-order valence-corrected chi connectivity index (χ2v) is 6.57. The molecule has 1 aromatic carbocycles. The molecule has 0 aliphatic heterocycles. The number of aromatic hydroxyl groups is 1. The highest BCUT2D eigenvalue weighted by Crippen LogP contribution is 2.57. The number of nitrogens with one attached hydrogen (secondary N) is 1. The lowest BCUT2D eigenvalue weighted by Crippen LogP contribution is -2.40. The minimum atomic E-state index is 0.373. The van der Waals surface area contributed by atoms with Crippen LogP contribution in [0.25, 0.3) is 0 Å². The van der Waals surface area contributed by atoms with Crippen LogP contribution in [0.1, 0.15) is 38.2 Å². The fourth-order valence-electron chi connectivity index (χ4n) is 4.45. The van der Waals surface area contributed by atoms with Gasteiger partial charge in [0.1, 0.15) is 5.75 Å². The van der Waals surface area contributed by atoms with Gasteiger partial charge in [-0.1, -0.05) is 25.5 Å². The summed E-state index contributed by atoms with van der Waals surface area (Å²) in [4.78, 5) is 0. The topological polar surface area (TPSA) is 32.3 Å². The predicted octanol–water partition coefficient (Wildman–Crippen LogP) is 3.35. The van der Waals surface area contributed by atoms with Gasteiger partial charge in [-0.15, -0.1) is 0 Å². The molecule has 1 aromatic rings. The summed E-state index contributed by atoms with van der Waals surface area (Å²) in [5.41, 5.74) is 1.85. The van der Waals surface area contributed by atoms with Crippen LogP contribution in [-0.4, -0.2) is 18.2 Å². The Labute approximate surface area is 116 Å². The van der Waals surface area contributed by atoms with Crippen LogP contribution in [0.4, 0.5) is 0 Å². The van der Waals surface area contributed by atoms with Crippen LogP contribution in [0.15, 0.2) is 24.3 Å². The van der Waals surface area contributed by atoms with E-state index in [-0.39, 0.29) is 0 Å². The van der Waals surface area contributed by atoms with E-state index in [1.54, 1.807) is 0 Å². The standard InChI is InChI=1S/C17H25NO/c1-2-18-12-17(11-14-3-6-15(17)9-14)10-13-4-7-16(19)8-5-13/h4-5,7-8,14-15,18-19H,2-3,6,9-12H2,1H3. The van der Waals surface area contributed by atoms with E-state index in [0.717, 1.165) is 24.9 Å². The highest BCUT2D eigenvalue weighted by molar-refractivity contribution is 5.27. The second-order valence-electron chi connectivity index (χ2n) is 6.57. The second kappa shape index (κ2) is 5.16. The molecule has 0 saturated heterocycles. The van der Waals surface area contributed by atoms with Crippen LogP contribution in [0.5, 0.6) is 5.75 Å². The molecule has 0 radical (unpaired) electrons. The van der Waals surface area contributed by atoms with Crippen molar-refractivity contribution in [1.82, 2.24) is 5.32 Å². The number of hydrogen-bond acceptors (Lipinski definition) is 2. The van der Waals surface area contributed by atoms with Crippen LogP contribution in [0.3, 0.4) is 0 Å². The van der Waals surface area contributed by atoms with E-state index in [1.807, 2.05) is 12.1 Å². The van der Waals surface area contributed by atoms with Gasteiger partial charge in [0.05, 0.1) is 0 Å². The van der Waals surface area contributed by atoms with E-state index in [2.05, 4.69) is 24.4 Å². The van der Waals surface area contributed by atoms with Crippen molar-refractivity contribution < 1.29 is 5.11 Å². The van der Waals surface area contributed by atoms with Gasteiger partial charge in [-0.25, -0.2) is 0 Å². The first-order valence-electron chi connectivity index (χ1n) is 7.70. The third-order valence-electron chi connectivity index (χ3n) is 5.32. The first kappa shape index (κ1) is 13.0. The molecule has 2 bridgehead atoms. The summed E-state index contributed by atoms with van der Waals surface area (Å²) in [6.07, 6.45) is 6.89. The maximum Gasteiger partial charge on any atom is 0.115 e. The predicted molar refractivity (Wildman–Crippen MR) is 78.2 cm³/mol. The minimum Gasteiger partial charge on any atom is -0.508 e. The van der Waals surface area contributed by atoms with Crippen molar-refractivity contribution in [2.24, 2.45) is 17.3 Å². The highest BCUT2D eigenvalue weighted by Gasteiger charge is 2.50. The Kier molecular flexibility index (Phi) is 3.53. The Balaban J connectivity index is 1.78. The maximum absolute atomic E-state index is 9.42. The summed E-state index contributed by atoms with van der Waals surface area (Å²) in [6, 6.07) is 7.83. The Hall–Kier alpha value is -1.02. The maximum atomic E-state index is 9.42. The molecular weight excluding hydrogens is 234 g/mol. The lowest BCUT2D eigenvalue weighted by Gasteiger charge is -2.38. The Morgan fingerprint density at radius 3 is 2.63 bits per heavy atom. The summed E-state index contributed by atoms with van der Waals surface area (Å²) in [5.74, 6) is 2.25. The fraction of sp³-hybridized carbons (Fsp3) is 0.647. The van der Waals surface area contributed by atoms with Crippen LogP contribution >= 0.6 is 0 Å². The summed E-state index contributed by atoms with van der Waals surface area (Å²) >= 11 is 0. The normalized spacial score (nSPS) is 32.9. The molecular formula is C17H25NO. The molecule has 3 rings (SSSR count). The molecule has 0 heterocycles. The lowest BCUT2D eigenvalue weighted by atomic mass is 9.69. The number of hydrogen-bond donors (Lipinski definition) is 2. The molecule has 0 amide bonds. The summed E-state index contributed by atoms with van der Waals surface area (Å²) in [5, 5.41) is 13.0. The summed E-state index contributed by atoms with van der Waals surface area (Å²) in [6.45, 7) is 4.42. The van der Waals surface area contributed by atoms with Crippen LogP contribution in [0.2, 0.25) is 0 Å². The average Bonchev–Trinajstić information content (AvgIpc) is 3.00. The van der Waals surface area contributed by atoms with Gasteiger partial charge in [-0.05, 0) is 67.2 Å². The van der Waals surface area contributed by atoms with Gasteiger partial charge in [-0.2, -0.15) is 0 Å². The molecule has 3 atom stereocenters. The number of phenols is 1. The zero-order chi connectivity index (χ0) is 13.3. The molecule has 2 aliphatic carbocycles. The molecule has 2 fully saturated rings. The number of rotatable bonds is 5. The molecule has 2 saturated carbocycles. The molecule has 2 heteroatoms. The van der Waals surface area contributed by atoms with Crippen LogP contribution in [0, 0.1) is 17.3 Å². The molecule has 104 valence electrons. The third kappa shape index (κ3) is 2.51. The van der Waals surface area contributed by atoms with E-state index in [0.29, 0.717) is 11.2 Å². The highest BCUT2D eigenvalue weighted by atomic mass is 16.3. The van der Waals surface area contributed by atoms with Gasteiger partial charge < -0.3 is 10.4 Å². The Morgan fingerprint density at radius 1 is 1.26 bits per heavy atom. The average molecular weight is 259 g/mol. The van der Waals surface area contributed by atoms with Crippen molar-refractivity contribution in [3.8, 4) is 5.75 Å². The third-order valence-corrected chi connectivity index (χ3v) is 5.32. The van der Waals surface area contributed by atoms with Gasteiger partial charge in [0, 0.05) is 6.54 Å². The Morgan fingerprint density at radius 2 is 2.05 bits per heavy atom. The van der Waals surface area contributed by atoms with Gasteiger partial charge in [0.25, 0.3) is 0 Å². The molecule has 2 N–H and O–H groups in total. The van der Waals surface area contributed by atoms with E-state index in [9.17, 15) is 5.11 Å². The zero-order valence-corrected chi connectivity index (χ0v) is 11.9. The minimum absolute atomic E-state index is 0.373. The molecule has 3 unspecified atom stereocenters. The molecule has 2 aliphatic rings. The lowest BCUT2D eigenvalue weighted by molar-refractivity contribution is 0.157. The van der Waals surface area contributed by atoms with Gasteiger partial charge >= 0.3 is 0 Å². The van der Waals surface area contributed by atoms with E-state index >= 15 is 0 Å². The molecule has 0 spiro atoms. The van der Waals surface area contributed by atoms with Crippen molar-refractivity contribution in [3.05, 3.63) is 29.8 Å². The summed E-state index contributed by atoms with van der Waals surface area (Å²) in [7, 11) is 0. The quantitative estimate of drug-likeness (QED) is 0.850. The number of benzene rings is 1. The smallest absolute Gasteiger partial charge is 0.115 e.